The summed E-state index contributed by atoms with van der Waals surface area (Å²) in [4.78, 5) is 39.5. The maximum absolute atomic E-state index is 13.0. The van der Waals surface area contributed by atoms with Gasteiger partial charge < -0.3 is 4.90 Å². The summed E-state index contributed by atoms with van der Waals surface area (Å²) in [5.41, 5.74) is 1.97. The average molecular weight is 440 g/mol. The summed E-state index contributed by atoms with van der Waals surface area (Å²) in [5, 5.41) is 5.11. The van der Waals surface area contributed by atoms with Crippen molar-refractivity contribution in [2.75, 3.05) is 18.4 Å². The number of anilines is 1. The summed E-state index contributed by atoms with van der Waals surface area (Å²) in [5.74, 6) is -0.189. The van der Waals surface area contributed by atoms with Crippen LogP contribution in [0.3, 0.4) is 0 Å². The third-order valence-corrected chi connectivity index (χ3v) is 6.10. The van der Waals surface area contributed by atoms with Crippen LogP contribution in [0.25, 0.3) is 0 Å². The van der Waals surface area contributed by atoms with Crippen molar-refractivity contribution in [3.63, 3.8) is 0 Å². The van der Waals surface area contributed by atoms with E-state index in [4.69, 9.17) is 0 Å². The Labute approximate surface area is 183 Å². The number of amides is 2. The Morgan fingerprint density at radius 3 is 2.65 bits per heavy atom. The second kappa shape index (κ2) is 9.74. The Bertz CT molecular complexity index is 1030. The first-order valence-electron chi connectivity index (χ1n) is 10.1. The van der Waals surface area contributed by atoms with Gasteiger partial charge in [-0.25, -0.2) is 19.3 Å². The largest absolute Gasteiger partial charge is 0.342 e. The van der Waals surface area contributed by atoms with Crippen LogP contribution in [0.1, 0.15) is 34.5 Å². The quantitative estimate of drug-likeness (QED) is 0.636. The second-order valence-corrected chi connectivity index (χ2v) is 8.40. The molecular weight excluding hydrogens is 417 g/mol. The number of nitrogens with zero attached hydrogens (tertiary/aromatic N) is 4. The summed E-state index contributed by atoms with van der Waals surface area (Å²) < 4.78 is 13.0. The van der Waals surface area contributed by atoms with Gasteiger partial charge in [-0.05, 0) is 42.9 Å². The van der Waals surface area contributed by atoms with Gasteiger partial charge in [-0.1, -0.05) is 12.1 Å². The number of rotatable bonds is 6. The highest BCUT2D eigenvalue weighted by Crippen LogP contribution is 2.23. The van der Waals surface area contributed by atoms with E-state index in [0.29, 0.717) is 41.8 Å². The molecule has 2 aromatic heterocycles. The SMILES string of the molecule is O=C(Nc1nccs1)c1cncnc1CC1CCN(C(=O)Cc2ccc(F)cc2)CC1. The number of thiazole rings is 1. The van der Waals surface area contributed by atoms with Gasteiger partial charge in [0, 0.05) is 30.9 Å². The molecule has 4 rings (SSSR count). The summed E-state index contributed by atoms with van der Waals surface area (Å²) in [6.07, 6.45) is 7.23. The van der Waals surface area contributed by atoms with Crippen molar-refractivity contribution < 1.29 is 14.0 Å². The predicted octanol–water partition coefficient (Wildman–Crippen LogP) is 3.35. The lowest BCUT2D eigenvalue weighted by Crippen LogP contribution is -2.39. The van der Waals surface area contributed by atoms with E-state index < -0.39 is 0 Å². The standard InChI is InChI=1S/C22H22FN5O2S/c23-17-3-1-15(2-4-17)12-20(29)28-8-5-16(6-9-28)11-19-18(13-24-14-26-19)21(30)27-22-25-7-10-31-22/h1-4,7,10,13-14,16H,5-6,8-9,11-12H2,(H,25,27,30). The molecule has 1 aliphatic heterocycles. The smallest absolute Gasteiger partial charge is 0.260 e. The molecular formula is C22H22FN5O2S. The molecule has 0 unspecified atom stereocenters. The maximum atomic E-state index is 13.0. The zero-order valence-corrected chi connectivity index (χ0v) is 17.6. The molecule has 0 spiro atoms. The zero-order chi connectivity index (χ0) is 21.6. The topological polar surface area (TPSA) is 88.1 Å². The van der Waals surface area contributed by atoms with Gasteiger partial charge in [0.2, 0.25) is 5.91 Å². The van der Waals surface area contributed by atoms with Crippen LogP contribution in [-0.2, 0) is 17.6 Å². The van der Waals surface area contributed by atoms with Crippen LogP contribution in [0, 0.1) is 11.7 Å². The number of benzene rings is 1. The van der Waals surface area contributed by atoms with E-state index in [0.717, 1.165) is 18.4 Å². The predicted molar refractivity (Wildman–Crippen MR) is 115 cm³/mol. The van der Waals surface area contributed by atoms with E-state index in [1.807, 2.05) is 4.90 Å². The molecule has 1 N–H and O–H groups in total. The van der Waals surface area contributed by atoms with Crippen molar-refractivity contribution >= 4 is 28.3 Å². The summed E-state index contributed by atoms with van der Waals surface area (Å²) >= 11 is 1.35. The van der Waals surface area contributed by atoms with Gasteiger partial charge >= 0.3 is 0 Å². The van der Waals surface area contributed by atoms with Crippen molar-refractivity contribution in [3.8, 4) is 0 Å². The molecule has 9 heteroatoms. The highest BCUT2D eigenvalue weighted by molar-refractivity contribution is 7.13. The van der Waals surface area contributed by atoms with Crippen LogP contribution >= 0.6 is 11.3 Å². The molecule has 1 aliphatic rings. The van der Waals surface area contributed by atoms with Crippen LogP contribution in [0.15, 0.2) is 48.4 Å². The average Bonchev–Trinajstić information content (AvgIpc) is 3.29. The molecule has 31 heavy (non-hydrogen) atoms. The fourth-order valence-corrected chi connectivity index (χ4v) is 4.23. The molecule has 1 saturated heterocycles. The minimum Gasteiger partial charge on any atom is -0.342 e. The van der Waals surface area contributed by atoms with Gasteiger partial charge in [-0.2, -0.15) is 0 Å². The van der Waals surface area contributed by atoms with Crippen LogP contribution in [0.4, 0.5) is 9.52 Å². The van der Waals surface area contributed by atoms with E-state index in [9.17, 15) is 14.0 Å². The molecule has 0 saturated carbocycles. The molecule has 7 nitrogen and oxygen atoms in total. The number of piperidine rings is 1. The Kier molecular flexibility index (Phi) is 6.61. The summed E-state index contributed by atoms with van der Waals surface area (Å²) in [7, 11) is 0. The third kappa shape index (κ3) is 5.49. The number of likely N-dealkylation sites (tertiary alicyclic amines) is 1. The van der Waals surface area contributed by atoms with Crippen LogP contribution in [0.5, 0.6) is 0 Å². The molecule has 2 amide bonds. The highest BCUT2D eigenvalue weighted by atomic mass is 32.1. The van der Waals surface area contributed by atoms with Crippen molar-refractivity contribution in [2.24, 2.45) is 5.92 Å². The first kappa shape index (κ1) is 21.0. The fourth-order valence-electron chi connectivity index (χ4n) is 3.71. The Morgan fingerprint density at radius 1 is 1.16 bits per heavy atom. The number of nitrogens with one attached hydrogen (secondary N) is 1. The van der Waals surface area contributed by atoms with Gasteiger partial charge in [-0.3, -0.25) is 14.9 Å². The molecule has 0 atom stereocenters. The minimum atomic E-state index is -0.304. The fraction of sp³-hybridized carbons (Fsp3) is 0.318. The Balaban J connectivity index is 1.32. The molecule has 0 radical (unpaired) electrons. The van der Waals surface area contributed by atoms with Crippen molar-refractivity contribution in [3.05, 3.63) is 71.0 Å². The maximum Gasteiger partial charge on any atom is 0.260 e. The lowest BCUT2D eigenvalue weighted by atomic mass is 9.90. The molecule has 0 aliphatic carbocycles. The van der Waals surface area contributed by atoms with Gasteiger partial charge in [0.1, 0.15) is 12.1 Å². The molecule has 3 heterocycles. The lowest BCUT2D eigenvalue weighted by Gasteiger charge is -2.32. The molecule has 1 aromatic carbocycles. The summed E-state index contributed by atoms with van der Waals surface area (Å²) in [6, 6.07) is 6.04. The van der Waals surface area contributed by atoms with Crippen LogP contribution in [-0.4, -0.2) is 44.8 Å². The molecule has 1 fully saturated rings. The lowest BCUT2D eigenvalue weighted by molar-refractivity contribution is -0.131. The number of halogens is 1. The minimum absolute atomic E-state index is 0.0515. The highest BCUT2D eigenvalue weighted by Gasteiger charge is 2.25. The number of hydrogen-bond acceptors (Lipinski definition) is 6. The van der Waals surface area contributed by atoms with Crippen molar-refractivity contribution in [1.82, 2.24) is 19.9 Å². The van der Waals surface area contributed by atoms with Crippen molar-refractivity contribution in [2.45, 2.75) is 25.7 Å². The third-order valence-electron chi connectivity index (χ3n) is 5.41. The van der Waals surface area contributed by atoms with Gasteiger partial charge in [0.25, 0.3) is 5.91 Å². The number of hydrogen-bond donors (Lipinski definition) is 1. The Morgan fingerprint density at radius 2 is 1.94 bits per heavy atom. The van der Waals surface area contributed by atoms with E-state index in [2.05, 4.69) is 20.3 Å². The van der Waals surface area contributed by atoms with Gasteiger partial charge in [0.05, 0.1) is 17.7 Å². The number of carbonyl (C=O) groups excluding carboxylic acids is 2. The van der Waals surface area contributed by atoms with Gasteiger partial charge in [-0.15, -0.1) is 11.3 Å². The molecule has 3 aromatic rings. The van der Waals surface area contributed by atoms with E-state index in [1.54, 1.807) is 23.7 Å². The monoisotopic (exact) mass is 439 g/mol. The zero-order valence-electron chi connectivity index (χ0n) is 16.8. The normalized spacial score (nSPS) is 14.4. The van der Waals surface area contributed by atoms with Crippen LogP contribution in [0.2, 0.25) is 0 Å². The number of aromatic nitrogens is 3. The van der Waals surface area contributed by atoms with Crippen molar-refractivity contribution in [1.29, 1.82) is 0 Å². The van der Waals surface area contributed by atoms with Gasteiger partial charge in [0.15, 0.2) is 5.13 Å². The Hall–Kier alpha value is -3.20. The summed E-state index contributed by atoms with van der Waals surface area (Å²) in [6.45, 7) is 1.33. The first-order chi connectivity index (χ1) is 15.1. The molecule has 0 bridgehead atoms. The van der Waals surface area contributed by atoms with E-state index in [-0.39, 0.29) is 24.1 Å². The molecule has 160 valence electrons. The van der Waals surface area contributed by atoms with Crippen LogP contribution < -0.4 is 5.32 Å². The van der Waals surface area contributed by atoms with E-state index in [1.165, 1.54) is 36.0 Å². The first-order valence-corrected chi connectivity index (χ1v) is 11.0. The number of carbonyl (C=O) groups is 2. The second-order valence-electron chi connectivity index (χ2n) is 7.51. The van der Waals surface area contributed by atoms with E-state index >= 15 is 0 Å².